The summed E-state index contributed by atoms with van der Waals surface area (Å²) in [5, 5.41) is 7.22. The summed E-state index contributed by atoms with van der Waals surface area (Å²) >= 11 is 6.06. The smallest absolute Gasteiger partial charge is 0.243 e. The molecule has 0 spiro atoms. The van der Waals surface area contributed by atoms with E-state index in [1.165, 1.54) is 29.6 Å². The lowest BCUT2D eigenvalue weighted by Gasteiger charge is -2.30. The summed E-state index contributed by atoms with van der Waals surface area (Å²) in [7, 11) is -2.20. The van der Waals surface area contributed by atoms with Crippen molar-refractivity contribution in [2.75, 3.05) is 25.5 Å². The average Bonchev–Trinajstić information content (AvgIpc) is 3.15. The molecule has 8 nitrogen and oxygen atoms in total. The molecule has 1 N–H and O–H groups in total. The van der Waals surface area contributed by atoms with Gasteiger partial charge in [0.15, 0.2) is 0 Å². The molecule has 3 rings (SSSR count). The summed E-state index contributed by atoms with van der Waals surface area (Å²) < 4.78 is 33.9. The fraction of sp³-hybridized carbons (Fsp3) is 0.444. The molecule has 1 fully saturated rings. The van der Waals surface area contributed by atoms with Crippen molar-refractivity contribution < 1.29 is 17.9 Å². The highest BCUT2D eigenvalue weighted by Gasteiger charge is 2.32. The predicted molar refractivity (Wildman–Crippen MR) is 106 cm³/mol. The third kappa shape index (κ3) is 4.31. The monoisotopic (exact) mass is 426 g/mol. The maximum atomic E-state index is 12.9. The molecule has 0 aliphatic carbocycles. The molecule has 0 saturated carbocycles. The van der Waals surface area contributed by atoms with Crippen LogP contribution in [0.2, 0.25) is 5.02 Å². The number of ether oxygens (including phenoxy) is 1. The number of nitrogens with zero attached hydrogens (tertiary/aromatic N) is 3. The normalized spacial score (nSPS) is 16.1. The molecule has 28 heavy (non-hydrogen) atoms. The van der Waals surface area contributed by atoms with Gasteiger partial charge in [0.2, 0.25) is 15.9 Å². The number of amides is 1. The Labute approximate surface area is 169 Å². The van der Waals surface area contributed by atoms with Crippen LogP contribution in [-0.2, 0) is 21.4 Å². The number of rotatable bonds is 6. The Hall–Kier alpha value is -2.10. The zero-order valence-electron chi connectivity index (χ0n) is 15.8. The number of hydrogen-bond acceptors (Lipinski definition) is 5. The van der Waals surface area contributed by atoms with Crippen LogP contribution in [0, 0.1) is 5.92 Å². The van der Waals surface area contributed by atoms with E-state index in [0.29, 0.717) is 24.3 Å². The van der Waals surface area contributed by atoms with Crippen LogP contribution in [0.3, 0.4) is 0 Å². The molecule has 0 atom stereocenters. The minimum absolute atomic E-state index is 0.111. The van der Waals surface area contributed by atoms with Crippen molar-refractivity contribution in [1.29, 1.82) is 0 Å². The van der Waals surface area contributed by atoms with Gasteiger partial charge in [-0.25, -0.2) is 8.42 Å². The quantitative estimate of drug-likeness (QED) is 0.766. The maximum absolute atomic E-state index is 12.9. The number of carbonyl (C=O) groups is 1. The van der Waals surface area contributed by atoms with Crippen LogP contribution < -0.4 is 10.1 Å². The van der Waals surface area contributed by atoms with Gasteiger partial charge in [-0.05, 0) is 38.0 Å². The first kappa shape index (κ1) is 20.6. The van der Waals surface area contributed by atoms with E-state index >= 15 is 0 Å². The van der Waals surface area contributed by atoms with Gasteiger partial charge in [-0.2, -0.15) is 9.40 Å². The first-order valence-corrected chi connectivity index (χ1v) is 10.8. The van der Waals surface area contributed by atoms with Crippen molar-refractivity contribution in [3.63, 3.8) is 0 Å². The standard InChI is InChI=1S/C18H23ClN4O4S/c1-3-22-12-14(11-20-22)21-18(24)13-6-8-23(9-7-13)28(25,26)15-4-5-17(27-2)16(19)10-15/h4-5,10-13H,3,6-9H2,1-2H3,(H,21,24). The molecule has 10 heteroatoms. The second-order valence-corrected chi connectivity index (χ2v) is 8.89. The van der Waals surface area contributed by atoms with Crippen molar-refractivity contribution in [3.05, 3.63) is 35.6 Å². The summed E-state index contributed by atoms with van der Waals surface area (Å²) in [6.45, 7) is 3.24. The molecule has 152 valence electrons. The number of piperidine rings is 1. The van der Waals surface area contributed by atoms with E-state index in [0.717, 1.165) is 6.54 Å². The van der Waals surface area contributed by atoms with Gasteiger partial charge < -0.3 is 10.1 Å². The number of aromatic nitrogens is 2. The Morgan fingerprint density at radius 3 is 2.64 bits per heavy atom. The number of nitrogens with one attached hydrogen (secondary N) is 1. The molecule has 2 aromatic rings. The van der Waals surface area contributed by atoms with E-state index in [2.05, 4.69) is 10.4 Å². The number of sulfonamides is 1. The number of methoxy groups -OCH3 is 1. The highest BCUT2D eigenvalue weighted by atomic mass is 35.5. The first-order valence-electron chi connectivity index (χ1n) is 9.02. The SMILES string of the molecule is CCn1cc(NC(=O)C2CCN(S(=O)(=O)c3ccc(OC)c(Cl)c3)CC2)cn1. The molecule has 1 aliphatic heterocycles. The van der Waals surface area contributed by atoms with Crippen molar-refractivity contribution in [3.8, 4) is 5.75 Å². The van der Waals surface area contributed by atoms with Crippen LogP contribution in [0.1, 0.15) is 19.8 Å². The number of benzene rings is 1. The highest BCUT2D eigenvalue weighted by molar-refractivity contribution is 7.89. The lowest BCUT2D eigenvalue weighted by molar-refractivity contribution is -0.120. The highest BCUT2D eigenvalue weighted by Crippen LogP contribution is 2.30. The number of anilines is 1. The third-order valence-corrected chi connectivity index (χ3v) is 7.00. The van der Waals surface area contributed by atoms with Gasteiger partial charge in [-0.3, -0.25) is 9.48 Å². The zero-order chi connectivity index (χ0) is 20.3. The van der Waals surface area contributed by atoms with Gasteiger partial charge >= 0.3 is 0 Å². The van der Waals surface area contributed by atoms with E-state index in [4.69, 9.17) is 16.3 Å². The molecule has 1 aliphatic rings. The first-order chi connectivity index (χ1) is 13.3. The fourth-order valence-corrected chi connectivity index (χ4v) is 4.98. The number of hydrogen-bond donors (Lipinski definition) is 1. The number of carbonyl (C=O) groups excluding carboxylic acids is 1. The molecule has 0 bridgehead atoms. The van der Waals surface area contributed by atoms with E-state index in [-0.39, 0.29) is 34.8 Å². The van der Waals surface area contributed by atoms with Crippen LogP contribution in [-0.4, -0.2) is 48.6 Å². The Morgan fingerprint density at radius 2 is 2.07 bits per heavy atom. The predicted octanol–water partition coefficient (Wildman–Crippen LogP) is 2.60. The Kier molecular flexibility index (Phi) is 6.26. The average molecular weight is 427 g/mol. The van der Waals surface area contributed by atoms with Crippen molar-refractivity contribution in [2.45, 2.75) is 31.2 Å². The van der Waals surface area contributed by atoms with E-state index < -0.39 is 10.0 Å². The molecular weight excluding hydrogens is 404 g/mol. The summed E-state index contributed by atoms with van der Waals surface area (Å²) in [5.41, 5.74) is 0.648. The molecule has 1 amide bonds. The summed E-state index contributed by atoms with van der Waals surface area (Å²) in [6.07, 6.45) is 4.28. The molecule has 2 heterocycles. The van der Waals surface area contributed by atoms with Gasteiger partial charge in [0.25, 0.3) is 0 Å². The minimum atomic E-state index is -3.67. The van der Waals surface area contributed by atoms with Crippen LogP contribution in [0.5, 0.6) is 5.75 Å². The van der Waals surface area contributed by atoms with E-state index in [9.17, 15) is 13.2 Å². The minimum Gasteiger partial charge on any atom is -0.495 e. The van der Waals surface area contributed by atoms with Gasteiger partial charge in [-0.15, -0.1) is 0 Å². The Morgan fingerprint density at radius 1 is 1.36 bits per heavy atom. The van der Waals surface area contributed by atoms with Gasteiger partial charge in [0.1, 0.15) is 5.75 Å². The van der Waals surface area contributed by atoms with Gasteiger partial charge in [0.05, 0.1) is 28.9 Å². The van der Waals surface area contributed by atoms with E-state index in [1.807, 2.05) is 6.92 Å². The van der Waals surface area contributed by atoms with E-state index in [1.54, 1.807) is 17.1 Å². The summed E-state index contributed by atoms with van der Waals surface area (Å²) in [6, 6.07) is 4.40. The van der Waals surface area contributed by atoms with Crippen LogP contribution >= 0.6 is 11.6 Å². The second kappa shape index (κ2) is 8.50. The third-order valence-electron chi connectivity index (χ3n) is 4.81. The molecular formula is C18H23ClN4O4S. The lowest BCUT2D eigenvalue weighted by Crippen LogP contribution is -2.41. The Balaban J connectivity index is 1.62. The largest absolute Gasteiger partial charge is 0.495 e. The molecule has 1 aromatic heterocycles. The molecule has 1 aromatic carbocycles. The van der Waals surface area contributed by atoms with Crippen molar-refractivity contribution in [2.24, 2.45) is 5.92 Å². The van der Waals surface area contributed by atoms with Crippen LogP contribution in [0.4, 0.5) is 5.69 Å². The molecule has 1 saturated heterocycles. The van der Waals surface area contributed by atoms with Crippen molar-refractivity contribution >= 4 is 33.2 Å². The van der Waals surface area contributed by atoms with Crippen LogP contribution in [0.25, 0.3) is 0 Å². The number of aryl methyl sites for hydroxylation is 1. The summed E-state index contributed by atoms with van der Waals surface area (Å²) in [5.74, 6) is 0.0680. The number of halogens is 1. The Bertz CT molecular complexity index is 952. The topological polar surface area (TPSA) is 93.5 Å². The second-order valence-electron chi connectivity index (χ2n) is 6.55. The molecule has 0 unspecified atom stereocenters. The lowest BCUT2D eigenvalue weighted by atomic mass is 9.97. The van der Waals surface area contributed by atoms with Crippen LogP contribution in [0.15, 0.2) is 35.5 Å². The van der Waals surface area contributed by atoms with Crippen molar-refractivity contribution in [1.82, 2.24) is 14.1 Å². The summed E-state index contributed by atoms with van der Waals surface area (Å²) in [4.78, 5) is 12.6. The van der Waals surface area contributed by atoms with Gasteiger partial charge in [-0.1, -0.05) is 11.6 Å². The maximum Gasteiger partial charge on any atom is 0.243 e. The van der Waals surface area contributed by atoms with Gasteiger partial charge in [0, 0.05) is 31.7 Å². The zero-order valence-corrected chi connectivity index (χ0v) is 17.3. The fourth-order valence-electron chi connectivity index (χ4n) is 3.16. The molecule has 0 radical (unpaired) electrons.